The van der Waals surface area contributed by atoms with E-state index in [9.17, 15) is 5.11 Å². The van der Waals surface area contributed by atoms with Gasteiger partial charge < -0.3 is 5.11 Å². The summed E-state index contributed by atoms with van der Waals surface area (Å²) in [6.45, 7) is 2.82. The van der Waals surface area contributed by atoms with Crippen LogP contribution in [0.15, 0.2) is 33.5 Å². The maximum absolute atomic E-state index is 10.3. The fourth-order valence-electron chi connectivity index (χ4n) is 1.70. The normalized spacial score (nSPS) is 12.7. The van der Waals surface area contributed by atoms with Gasteiger partial charge in [-0.1, -0.05) is 13.0 Å². The van der Waals surface area contributed by atoms with Gasteiger partial charge in [-0.3, -0.25) is 0 Å². The van der Waals surface area contributed by atoms with Crippen molar-refractivity contribution in [3.05, 3.63) is 44.9 Å². The quantitative estimate of drug-likeness (QED) is 0.893. The van der Waals surface area contributed by atoms with Crippen LogP contribution in [0.4, 0.5) is 0 Å². The Morgan fingerprint density at radius 2 is 2.11 bits per heavy atom. The van der Waals surface area contributed by atoms with Gasteiger partial charge in [-0.25, -0.2) is 9.67 Å². The van der Waals surface area contributed by atoms with E-state index in [1.165, 1.54) is 6.33 Å². The number of nitrogens with zero attached hydrogens (tertiary/aromatic N) is 3. The molecule has 2 aromatic rings. The molecule has 0 radical (unpaired) electrons. The highest BCUT2D eigenvalue weighted by Crippen LogP contribution is 2.28. The predicted molar refractivity (Wildman–Crippen MR) is 76.2 cm³/mol. The molecule has 0 aliphatic rings. The van der Waals surface area contributed by atoms with E-state index >= 15 is 0 Å². The molecular weight excluding hydrogens is 362 g/mol. The number of hydrogen-bond acceptors (Lipinski definition) is 3. The van der Waals surface area contributed by atoms with E-state index in [-0.39, 0.29) is 0 Å². The zero-order chi connectivity index (χ0) is 13.1. The van der Waals surface area contributed by atoms with Crippen LogP contribution < -0.4 is 0 Å². The summed E-state index contributed by atoms with van der Waals surface area (Å²) >= 11 is 6.83. The molecule has 0 fully saturated rings. The second-order valence-corrected chi connectivity index (χ2v) is 5.63. The van der Waals surface area contributed by atoms with Gasteiger partial charge in [0.1, 0.15) is 12.4 Å². The van der Waals surface area contributed by atoms with Crippen LogP contribution >= 0.6 is 31.9 Å². The van der Waals surface area contributed by atoms with E-state index in [0.717, 1.165) is 27.5 Å². The number of aryl methyl sites for hydroxylation is 1. The molecule has 1 atom stereocenters. The number of halogens is 2. The first kappa shape index (κ1) is 13.7. The molecule has 0 spiro atoms. The van der Waals surface area contributed by atoms with Crippen molar-refractivity contribution in [3.63, 3.8) is 0 Å². The Bertz CT molecular complexity index is 542. The van der Waals surface area contributed by atoms with Gasteiger partial charge >= 0.3 is 0 Å². The molecule has 0 saturated heterocycles. The maximum Gasteiger partial charge on any atom is 0.160 e. The zero-order valence-corrected chi connectivity index (χ0v) is 13.0. The number of aliphatic hydroxyl groups is 1. The molecule has 2 rings (SSSR count). The molecule has 1 unspecified atom stereocenters. The summed E-state index contributed by atoms with van der Waals surface area (Å²) in [6, 6.07) is 5.63. The lowest BCUT2D eigenvalue weighted by atomic mass is 10.1. The van der Waals surface area contributed by atoms with E-state index in [0.29, 0.717) is 5.82 Å². The first-order chi connectivity index (χ1) is 8.63. The van der Waals surface area contributed by atoms with Crippen LogP contribution in [0.5, 0.6) is 0 Å². The third-order valence-corrected chi connectivity index (χ3v) is 4.46. The molecule has 0 amide bonds. The Morgan fingerprint density at radius 3 is 2.78 bits per heavy atom. The van der Waals surface area contributed by atoms with Crippen molar-refractivity contribution in [2.45, 2.75) is 26.0 Å². The Labute approximate surface area is 122 Å². The average molecular weight is 375 g/mol. The molecule has 1 aromatic carbocycles. The maximum atomic E-state index is 10.3. The molecule has 0 bridgehead atoms. The topological polar surface area (TPSA) is 50.9 Å². The van der Waals surface area contributed by atoms with Crippen LogP contribution in [0.1, 0.15) is 30.8 Å². The molecule has 6 heteroatoms. The third-order valence-electron chi connectivity index (χ3n) is 2.58. The van der Waals surface area contributed by atoms with E-state index < -0.39 is 6.10 Å². The van der Waals surface area contributed by atoms with Gasteiger partial charge in [-0.2, -0.15) is 5.10 Å². The van der Waals surface area contributed by atoms with Crippen LogP contribution in [0.3, 0.4) is 0 Å². The fraction of sp³-hybridized carbons (Fsp3) is 0.333. The first-order valence-electron chi connectivity index (χ1n) is 5.64. The monoisotopic (exact) mass is 373 g/mol. The van der Waals surface area contributed by atoms with E-state index in [4.69, 9.17) is 0 Å². The van der Waals surface area contributed by atoms with Gasteiger partial charge in [0.15, 0.2) is 5.82 Å². The molecule has 96 valence electrons. The van der Waals surface area contributed by atoms with Crippen molar-refractivity contribution in [1.29, 1.82) is 0 Å². The third kappa shape index (κ3) is 2.81. The lowest BCUT2D eigenvalue weighted by molar-refractivity contribution is 0.202. The Hall–Kier alpha value is -0.720. The fourth-order valence-corrected chi connectivity index (χ4v) is 2.34. The molecule has 18 heavy (non-hydrogen) atoms. The molecule has 1 aromatic heterocycles. The van der Waals surface area contributed by atoms with Gasteiger partial charge in [0.05, 0.1) is 0 Å². The summed E-state index contributed by atoms with van der Waals surface area (Å²) < 4.78 is 3.59. The molecule has 4 nitrogen and oxygen atoms in total. The first-order valence-corrected chi connectivity index (χ1v) is 7.22. The molecular formula is C12H13Br2N3O. The minimum Gasteiger partial charge on any atom is -0.380 e. The van der Waals surface area contributed by atoms with Crippen molar-refractivity contribution in [2.75, 3.05) is 0 Å². The van der Waals surface area contributed by atoms with Gasteiger partial charge in [-0.15, -0.1) is 0 Å². The van der Waals surface area contributed by atoms with Crippen LogP contribution in [-0.2, 0) is 6.54 Å². The summed E-state index contributed by atoms with van der Waals surface area (Å²) in [5.74, 6) is 0.575. The van der Waals surface area contributed by atoms with Crippen LogP contribution in [0.25, 0.3) is 0 Å². The second kappa shape index (κ2) is 5.95. The Morgan fingerprint density at radius 1 is 1.33 bits per heavy atom. The largest absolute Gasteiger partial charge is 0.380 e. The van der Waals surface area contributed by atoms with Crippen molar-refractivity contribution < 1.29 is 5.11 Å². The van der Waals surface area contributed by atoms with Crippen molar-refractivity contribution >= 4 is 31.9 Å². The highest BCUT2D eigenvalue weighted by Gasteiger charge is 2.17. The van der Waals surface area contributed by atoms with E-state index in [1.807, 2.05) is 18.2 Å². The average Bonchev–Trinajstić information content (AvgIpc) is 2.80. The van der Waals surface area contributed by atoms with Crippen LogP contribution in [-0.4, -0.2) is 19.9 Å². The highest BCUT2D eigenvalue weighted by molar-refractivity contribution is 9.13. The lowest BCUT2D eigenvalue weighted by Crippen LogP contribution is -2.11. The van der Waals surface area contributed by atoms with Gasteiger partial charge in [0.2, 0.25) is 0 Å². The minimum absolute atomic E-state index is 0.575. The van der Waals surface area contributed by atoms with Gasteiger partial charge in [0, 0.05) is 15.5 Å². The van der Waals surface area contributed by atoms with Crippen LogP contribution in [0.2, 0.25) is 0 Å². The summed E-state index contributed by atoms with van der Waals surface area (Å²) in [5, 5.41) is 14.5. The molecule has 0 saturated carbocycles. The molecule has 0 aliphatic carbocycles. The number of aromatic nitrogens is 3. The minimum atomic E-state index is -0.761. The lowest BCUT2D eigenvalue weighted by Gasteiger charge is -2.12. The number of rotatable bonds is 4. The number of aliphatic hydroxyl groups excluding tert-OH is 1. The Kier molecular flexibility index (Phi) is 4.53. The highest BCUT2D eigenvalue weighted by atomic mass is 79.9. The van der Waals surface area contributed by atoms with E-state index in [1.54, 1.807) is 4.68 Å². The standard InChI is InChI=1S/C12H13Br2N3O/c1-2-5-17-12(15-7-16-17)11(18)8-3-4-9(13)10(14)6-8/h3-4,6-7,11,18H,2,5H2,1H3. The zero-order valence-electron chi connectivity index (χ0n) is 9.85. The molecule has 0 aliphatic heterocycles. The summed E-state index contributed by atoms with van der Waals surface area (Å²) in [5.41, 5.74) is 0.787. The van der Waals surface area contributed by atoms with E-state index in [2.05, 4.69) is 48.9 Å². The van der Waals surface area contributed by atoms with Crippen molar-refractivity contribution in [1.82, 2.24) is 14.8 Å². The molecule has 1 heterocycles. The van der Waals surface area contributed by atoms with Crippen LogP contribution in [0, 0.1) is 0 Å². The smallest absolute Gasteiger partial charge is 0.160 e. The van der Waals surface area contributed by atoms with Gasteiger partial charge in [0.25, 0.3) is 0 Å². The van der Waals surface area contributed by atoms with Crippen molar-refractivity contribution in [3.8, 4) is 0 Å². The molecule has 1 N–H and O–H groups in total. The summed E-state index contributed by atoms with van der Waals surface area (Å²) in [7, 11) is 0. The number of benzene rings is 1. The van der Waals surface area contributed by atoms with Crippen molar-refractivity contribution in [2.24, 2.45) is 0 Å². The summed E-state index contributed by atoms with van der Waals surface area (Å²) in [6.07, 6.45) is 1.67. The Balaban J connectivity index is 2.32. The number of hydrogen-bond donors (Lipinski definition) is 1. The van der Waals surface area contributed by atoms with Gasteiger partial charge in [-0.05, 0) is 56.0 Å². The predicted octanol–water partition coefficient (Wildman–Crippen LogP) is 3.29. The second-order valence-electron chi connectivity index (χ2n) is 3.92. The SMILES string of the molecule is CCCn1ncnc1C(O)c1ccc(Br)c(Br)c1. The summed E-state index contributed by atoms with van der Waals surface area (Å²) in [4.78, 5) is 4.14.